The number of rotatable bonds is 1. The molecule has 11 heavy (non-hydrogen) atoms. The molecule has 0 bridgehead atoms. The lowest BCUT2D eigenvalue weighted by Gasteiger charge is -2.02. The number of nitrogens with two attached hydrogens (primary N) is 1. The maximum atomic E-state index is 7.03. The third-order valence-corrected chi connectivity index (χ3v) is 2.37. The first-order chi connectivity index (χ1) is 5.15. The number of nitrogen functional groups attached to an aromatic ring is 1. The van der Waals surface area contributed by atoms with E-state index in [0.717, 1.165) is 15.6 Å². The first-order valence-corrected chi connectivity index (χ1v) is 4.00. The van der Waals surface area contributed by atoms with Crippen molar-refractivity contribution < 1.29 is 0 Å². The van der Waals surface area contributed by atoms with E-state index in [-0.39, 0.29) is 0 Å². The molecule has 1 aromatic rings. The standard InChI is InChI=1S/C8H9BrN2/c1-5-2-6(4-10)8(11)3-7(5)9/h2-4,10H,11H2,1H3. The zero-order valence-electron chi connectivity index (χ0n) is 6.19. The van der Waals surface area contributed by atoms with Crippen LogP contribution in [-0.2, 0) is 0 Å². The highest BCUT2D eigenvalue weighted by molar-refractivity contribution is 9.10. The van der Waals surface area contributed by atoms with Gasteiger partial charge in [-0.25, -0.2) is 0 Å². The smallest absolute Gasteiger partial charge is 0.0414 e. The Morgan fingerprint density at radius 3 is 2.73 bits per heavy atom. The highest BCUT2D eigenvalue weighted by atomic mass is 79.9. The van der Waals surface area contributed by atoms with Crippen LogP contribution in [0.1, 0.15) is 11.1 Å². The minimum absolute atomic E-state index is 0.637. The molecule has 0 saturated carbocycles. The summed E-state index contributed by atoms with van der Waals surface area (Å²) in [4.78, 5) is 0. The van der Waals surface area contributed by atoms with E-state index in [1.165, 1.54) is 6.21 Å². The van der Waals surface area contributed by atoms with Gasteiger partial charge in [-0.15, -0.1) is 0 Å². The summed E-state index contributed by atoms with van der Waals surface area (Å²) in [6.45, 7) is 1.97. The summed E-state index contributed by atoms with van der Waals surface area (Å²) in [6, 6.07) is 3.70. The van der Waals surface area contributed by atoms with Gasteiger partial charge in [0.25, 0.3) is 0 Å². The molecule has 0 amide bonds. The van der Waals surface area contributed by atoms with Crippen LogP contribution in [0.4, 0.5) is 5.69 Å². The second kappa shape index (κ2) is 3.05. The molecule has 0 heterocycles. The molecule has 0 aliphatic heterocycles. The molecule has 0 fully saturated rings. The van der Waals surface area contributed by atoms with Gasteiger partial charge >= 0.3 is 0 Å². The monoisotopic (exact) mass is 212 g/mol. The Labute approximate surface area is 74.1 Å². The molecule has 1 rings (SSSR count). The van der Waals surface area contributed by atoms with E-state index >= 15 is 0 Å². The average Bonchev–Trinajstić information content (AvgIpc) is 1.97. The van der Waals surface area contributed by atoms with Gasteiger partial charge in [-0.1, -0.05) is 15.9 Å². The summed E-state index contributed by atoms with van der Waals surface area (Å²) in [6.07, 6.45) is 1.26. The molecule has 0 saturated heterocycles. The number of hydrogen-bond acceptors (Lipinski definition) is 2. The SMILES string of the molecule is Cc1cc(C=N)c(N)cc1Br. The fourth-order valence-corrected chi connectivity index (χ4v) is 1.21. The van der Waals surface area contributed by atoms with E-state index < -0.39 is 0 Å². The molecule has 2 nitrogen and oxygen atoms in total. The summed E-state index contributed by atoms with van der Waals surface area (Å²) >= 11 is 3.35. The first-order valence-electron chi connectivity index (χ1n) is 3.21. The number of hydrogen-bond donors (Lipinski definition) is 2. The van der Waals surface area contributed by atoms with Gasteiger partial charge in [-0.2, -0.15) is 0 Å². The molecule has 58 valence electrons. The van der Waals surface area contributed by atoms with Crippen molar-refractivity contribution >= 4 is 27.8 Å². The number of halogens is 1. The maximum Gasteiger partial charge on any atom is 0.0414 e. The van der Waals surface area contributed by atoms with Crippen LogP contribution in [0.3, 0.4) is 0 Å². The molecule has 0 unspecified atom stereocenters. The minimum Gasteiger partial charge on any atom is -0.398 e. The van der Waals surface area contributed by atoms with Gasteiger partial charge in [0.05, 0.1) is 0 Å². The predicted octanol–water partition coefficient (Wildman–Crippen LogP) is 2.34. The maximum absolute atomic E-state index is 7.03. The summed E-state index contributed by atoms with van der Waals surface area (Å²) in [5, 5.41) is 7.03. The quantitative estimate of drug-likeness (QED) is 0.545. The van der Waals surface area contributed by atoms with Gasteiger partial charge in [-0.05, 0) is 24.6 Å². The minimum atomic E-state index is 0.637. The van der Waals surface area contributed by atoms with Crippen LogP contribution >= 0.6 is 15.9 Å². The Bertz CT molecular complexity index is 294. The topological polar surface area (TPSA) is 49.9 Å². The van der Waals surface area contributed by atoms with Crippen LogP contribution in [-0.4, -0.2) is 6.21 Å². The van der Waals surface area contributed by atoms with Gasteiger partial charge < -0.3 is 11.1 Å². The lowest BCUT2D eigenvalue weighted by molar-refractivity contribution is 1.41. The van der Waals surface area contributed by atoms with Crippen molar-refractivity contribution in [2.75, 3.05) is 5.73 Å². The van der Waals surface area contributed by atoms with Crippen molar-refractivity contribution in [2.45, 2.75) is 6.92 Å². The lowest BCUT2D eigenvalue weighted by atomic mass is 10.1. The fraction of sp³-hybridized carbons (Fsp3) is 0.125. The first kappa shape index (κ1) is 8.27. The van der Waals surface area contributed by atoms with Crippen LogP contribution in [0.5, 0.6) is 0 Å². The van der Waals surface area contributed by atoms with Gasteiger partial charge in [-0.3, -0.25) is 0 Å². The molecule has 0 aliphatic rings. The van der Waals surface area contributed by atoms with Crippen LogP contribution in [0.2, 0.25) is 0 Å². The van der Waals surface area contributed by atoms with Crippen LogP contribution in [0.15, 0.2) is 16.6 Å². The predicted molar refractivity (Wildman–Crippen MR) is 51.2 cm³/mol. The van der Waals surface area contributed by atoms with Gasteiger partial charge in [0, 0.05) is 21.9 Å². The molecular weight excluding hydrogens is 204 g/mol. The Kier molecular flexibility index (Phi) is 2.29. The summed E-state index contributed by atoms with van der Waals surface area (Å²) in [5.74, 6) is 0. The average molecular weight is 213 g/mol. The zero-order valence-corrected chi connectivity index (χ0v) is 7.77. The Balaban J connectivity index is 3.31. The molecule has 0 atom stereocenters. The van der Waals surface area contributed by atoms with Crippen molar-refractivity contribution in [3.63, 3.8) is 0 Å². The van der Waals surface area contributed by atoms with Crippen molar-refractivity contribution in [2.24, 2.45) is 0 Å². The molecule has 1 aromatic carbocycles. The van der Waals surface area contributed by atoms with Crippen LogP contribution in [0, 0.1) is 12.3 Å². The third kappa shape index (κ3) is 1.60. The number of aryl methyl sites for hydroxylation is 1. The normalized spacial score (nSPS) is 9.64. The largest absolute Gasteiger partial charge is 0.398 e. The molecule has 0 spiro atoms. The van der Waals surface area contributed by atoms with E-state index in [1.54, 1.807) is 0 Å². The second-order valence-electron chi connectivity index (χ2n) is 2.37. The van der Waals surface area contributed by atoms with Gasteiger partial charge in [0.2, 0.25) is 0 Å². The van der Waals surface area contributed by atoms with E-state index in [2.05, 4.69) is 15.9 Å². The van der Waals surface area contributed by atoms with E-state index in [4.69, 9.17) is 11.1 Å². The number of anilines is 1. The van der Waals surface area contributed by atoms with Crippen molar-refractivity contribution in [3.8, 4) is 0 Å². The van der Waals surface area contributed by atoms with E-state index in [0.29, 0.717) is 5.69 Å². The van der Waals surface area contributed by atoms with Gasteiger partial charge in [0.1, 0.15) is 0 Å². The molecule has 0 radical (unpaired) electrons. The fourth-order valence-electron chi connectivity index (χ4n) is 0.844. The number of benzene rings is 1. The molecular formula is C8H9BrN2. The highest BCUT2D eigenvalue weighted by Gasteiger charge is 1.99. The van der Waals surface area contributed by atoms with Gasteiger partial charge in [0.15, 0.2) is 0 Å². The Morgan fingerprint density at radius 1 is 1.55 bits per heavy atom. The Morgan fingerprint density at radius 2 is 2.18 bits per heavy atom. The van der Waals surface area contributed by atoms with Crippen LogP contribution < -0.4 is 5.73 Å². The lowest BCUT2D eigenvalue weighted by Crippen LogP contribution is -1.93. The molecule has 3 heteroatoms. The van der Waals surface area contributed by atoms with E-state index in [1.807, 2.05) is 19.1 Å². The second-order valence-corrected chi connectivity index (χ2v) is 3.23. The van der Waals surface area contributed by atoms with E-state index in [9.17, 15) is 0 Å². The van der Waals surface area contributed by atoms with Crippen molar-refractivity contribution in [1.82, 2.24) is 0 Å². The van der Waals surface area contributed by atoms with Crippen molar-refractivity contribution in [3.05, 3.63) is 27.7 Å². The summed E-state index contributed by atoms with van der Waals surface area (Å²) < 4.78 is 0.987. The summed E-state index contributed by atoms with van der Waals surface area (Å²) in [7, 11) is 0. The molecule has 0 aliphatic carbocycles. The molecule has 3 N–H and O–H groups in total. The zero-order chi connectivity index (χ0) is 8.43. The number of nitrogens with one attached hydrogen (secondary N) is 1. The van der Waals surface area contributed by atoms with Crippen LogP contribution in [0.25, 0.3) is 0 Å². The third-order valence-electron chi connectivity index (χ3n) is 1.52. The van der Waals surface area contributed by atoms with Crippen molar-refractivity contribution in [1.29, 1.82) is 5.41 Å². The molecule has 0 aromatic heterocycles. The summed E-state index contributed by atoms with van der Waals surface area (Å²) in [5.41, 5.74) is 8.12. The highest BCUT2D eigenvalue weighted by Crippen LogP contribution is 2.21. The Hall–Kier alpha value is -0.830.